The second-order valence-corrected chi connectivity index (χ2v) is 7.99. The monoisotopic (exact) mass is 336 g/mol. The fourth-order valence-corrected chi connectivity index (χ4v) is 3.57. The summed E-state index contributed by atoms with van der Waals surface area (Å²) in [5.41, 5.74) is 0.186. The maximum Gasteiger partial charge on any atom is 0.153 e. The third kappa shape index (κ3) is 3.35. The molecule has 0 N–H and O–H groups in total. The van der Waals surface area contributed by atoms with E-state index in [-0.39, 0.29) is 16.8 Å². The SMILES string of the molecule is CC(Cl)c1nc2c(F)cc(F)cc2n1C(C)CS(C)(=O)=O. The molecule has 0 amide bonds. The van der Waals surface area contributed by atoms with Crippen LogP contribution in [0.1, 0.15) is 31.1 Å². The first kappa shape index (κ1) is 16.2. The molecule has 0 saturated heterocycles. The van der Waals surface area contributed by atoms with Crippen LogP contribution in [0, 0.1) is 11.6 Å². The molecule has 0 saturated carbocycles. The molecule has 21 heavy (non-hydrogen) atoms. The number of hydrogen-bond acceptors (Lipinski definition) is 3. The number of halogens is 3. The van der Waals surface area contributed by atoms with Crippen LogP contribution in [0.25, 0.3) is 11.0 Å². The summed E-state index contributed by atoms with van der Waals surface area (Å²) >= 11 is 6.04. The quantitative estimate of drug-likeness (QED) is 0.805. The number of rotatable bonds is 4. The van der Waals surface area contributed by atoms with Crippen LogP contribution < -0.4 is 0 Å². The van der Waals surface area contributed by atoms with Crippen LogP contribution in [0.5, 0.6) is 0 Å². The highest BCUT2D eigenvalue weighted by Crippen LogP contribution is 2.30. The molecule has 0 bridgehead atoms. The summed E-state index contributed by atoms with van der Waals surface area (Å²) < 4.78 is 51.7. The summed E-state index contributed by atoms with van der Waals surface area (Å²) in [5.74, 6) is -1.41. The van der Waals surface area contributed by atoms with Crippen LogP contribution in [0.3, 0.4) is 0 Å². The number of fused-ring (bicyclic) bond motifs is 1. The van der Waals surface area contributed by atoms with Gasteiger partial charge in [-0.05, 0) is 19.9 Å². The van der Waals surface area contributed by atoms with E-state index in [9.17, 15) is 17.2 Å². The molecular weight excluding hydrogens is 322 g/mol. The first-order valence-electron chi connectivity index (χ1n) is 6.29. The third-order valence-corrected chi connectivity index (χ3v) is 4.36. The standard InChI is InChI=1S/C13H15ClF2N2O2S/c1-7(6-21(3,19)20)18-11-5-9(15)4-10(16)12(11)17-13(18)8(2)14/h4-5,7-8H,6H2,1-3H3. The Bertz CT molecular complexity index is 787. The van der Waals surface area contributed by atoms with Crippen LogP contribution >= 0.6 is 11.6 Å². The first-order valence-corrected chi connectivity index (χ1v) is 8.78. The number of hydrogen-bond donors (Lipinski definition) is 0. The highest BCUT2D eigenvalue weighted by Gasteiger charge is 2.23. The van der Waals surface area contributed by atoms with E-state index >= 15 is 0 Å². The van der Waals surface area contributed by atoms with Crippen molar-refractivity contribution in [1.29, 1.82) is 0 Å². The minimum atomic E-state index is -3.26. The lowest BCUT2D eigenvalue weighted by molar-refractivity contribution is 0.554. The molecule has 2 unspecified atom stereocenters. The Hall–Kier alpha value is -1.21. The van der Waals surface area contributed by atoms with E-state index in [1.807, 2.05) is 0 Å². The Morgan fingerprint density at radius 2 is 1.95 bits per heavy atom. The van der Waals surface area contributed by atoms with Gasteiger partial charge in [-0.3, -0.25) is 0 Å². The molecule has 0 aliphatic carbocycles. The zero-order valence-electron chi connectivity index (χ0n) is 11.8. The van der Waals surface area contributed by atoms with Gasteiger partial charge in [-0.2, -0.15) is 0 Å². The Kier molecular flexibility index (Phi) is 4.26. The Balaban J connectivity index is 2.72. The first-order chi connectivity index (χ1) is 9.60. The van der Waals surface area contributed by atoms with Crippen molar-refractivity contribution >= 4 is 32.5 Å². The van der Waals surface area contributed by atoms with Gasteiger partial charge in [0.05, 0.1) is 16.6 Å². The third-order valence-electron chi connectivity index (χ3n) is 3.08. The topological polar surface area (TPSA) is 52.0 Å². The molecule has 116 valence electrons. The van der Waals surface area contributed by atoms with Crippen molar-refractivity contribution in [3.8, 4) is 0 Å². The minimum absolute atomic E-state index is 0.0146. The molecule has 0 radical (unpaired) electrons. The van der Waals surface area contributed by atoms with Crippen molar-refractivity contribution in [2.45, 2.75) is 25.3 Å². The molecule has 0 aliphatic heterocycles. The van der Waals surface area contributed by atoms with Crippen LogP contribution in [0.4, 0.5) is 8.78 Å². The molecule has 4 nitrogen and oxygen atoms in total. The molecule has 2 aromatic rings. The summed E-state index contributed by atoms with van der Waals surface area (Å²) in [5, 5.41) is -0.568. The van der Waals surface area contributed by atoms with Crippen LogP contribution in [0.15, 0.2) is 12.1 Å². The number of imidazole rings is 1. The van der Waals surface area contributed by atoms with Gasteiger partial charge < -0.3 is 4.57 Å². The number of aromatic nitrogens is 2. The van der Waals surface area contributed by atoms with E-state index in [0.29, 0.717) is 5.82 Å². The zero-order valence-corrected chi connectivity index (χ0v) is 13.3. The Morgan fingerprint density at radius 1 is 1.33 bits per heavy atom. The fourth-order valence-electron chi connectivity index (χ4n) is 2.40. The summed E-state index contributed by atoms with van der Waals surface area (Å²) in [6.45, 7) is 3.29. The summed E-state index contributed by atoms with van der Waals surface area (Å²) in [7, 11) is -3.26. The Labute approximate surface area is 126 Å². The lowest BCUT2D eigenvalue weighted by atomic mass is 10.2. The van der Waals surface area contributed by atoms with Crippen LogP contribution in [-0.2, 0) is 9.84 Å². The number of alkyl halides is 1. The molecule has 0 fully saturated rings. The van der Waals surface area contributed by atoms with Crippen LogP contribution in [-0.4, -0.2) is 30.0 Å². The van der Waals surface area contributed by atoms with Crippen molar-refractivity contribution in [3.05, 3.63) is 29.6 Å². The van der Waals surface area contributed by atoms with Gasteiger partial charge in [-0.1, -0.05) is 0 Å². The fraction of sp³-hybridized carbons (Fsp3) is 0.462. The van der Waals surface area contributed by atoms with E-state index in [4.69, 9.17) is 11.6 Å². The van der Waals surface area contributed by atoms with Gasteiger partial charge >= 0.3 is 0 Å². The molecule has 0 aliphatic rings. The van der Waals surface area contributed by atoms with E-state index in [0.717, 1.165) is 18.4 Å². The number of benzene rings is 1. The van der Waals surface area contributed by atoms with Gasteiger partial charge in [0.2, 0.25) is 0 Å². The van der Waals surface area contributed by atoms with E-state index in [1.54, 1.807) is 13.8 Å². The van der Waals surface area contributed by atoms with E-state index in [2.05, 4.69) is 4.98 Å². The van der Waals surface area contributed by atoms with Crippen molar-refractivity contribution < 1.29 is 17.2 Å². The minimum Gasteiger partial charge on any atom is -0.323 e. The lowest BCUT2D eigenvalue weighted by Gasteiger charge is -2.17. The van der Waals surface area contributed by atoms with Crippen LogP contribution in [0.2, 0.25) is 0 Å². The summed E-state index contributed by atoms with van der Waals surface area (Å²) in [6.07, 6.45) is 1.10. The van der Waals surface area contributed by atoms with Crippen molar-refractivity contribution in [3.63, 3.8) is 0 Å². The molecule has 2 rings (SSSR count). The molecule has 1 heterocycles. The lowest BCUT2D eigenvalue weighted by Crippen LogP contribution is -2.18. The highest BCUT2D eigenvalue weighted by atomic mass is 35.5. The predicted molar refractivity (Wildman–Crippen MR) is 78.3 cm³/mol. The largest absolute Gasteiger partial charge is 0.323 e. The predicted octanol–water partition coefficient (Wildman–Crippen LogP) is 3.22. The number of nitrogens with zero attached hydrogens (tertiary/aromatic N) is 2. The second-order valence-electron chi connectivity index (χ2n) is 5.15. The average molecular weight is 337 g/mol. The second kappa shape index (κ2) is 5.53. The molecular formula is C13H15ClF2N2O2S. The number of sulfone groups is 1. The molecule has 2 atom stereocenters. The highest BCUT2D eigenvalue weighted by molar-refractivity contribution is 7.90. The van der Waals surface area contributed by atoms with Crippen molar-refractivity contribution in [2.75, 3.05) is 12.0 Å². The van der Waals surface area contributed by atoms with Crippen molar-refractivity contribution in [1.82, 2.24) is 9.55 Å². The molecule has 8 heteroatoms. The van der Waals surface area contributed by atoms with Gasteiger partial charge in [0.1, 0.15) is 27.0 Å². The summed E-state index contributed by atoms with van der Waals surface area (Å²) in [4.78, 5) is 4.10. The maximum absolute atomic E-state index is 13.8. The Morgan fingerprint density at radius 3 is 2.48 bits per heavy atom. The van der Waals surface area contributed by atoms with E-state index in [1.165, 1.54) is 4.57 Å². The maximum atomic E-state index is 13.8. The van der Waals surface area contributed by atoms with Gasteiger partial charge in [0.15, 0.2) is 5.82 Å². The van der Waals surface area contributed by atoms with Crippen molar-refractivity contribution in [2.24, 2.45) is 0 Å². The molecule has 1 aromatic carbocycles. The van der Waals surface area contributed by atoms with Gasteiger partial charge in [0, 0.05) is 18.4 Å². The normalized spacial score (nSPS) is 15.3. The molecule has 0 spiro atoms. The zero-order chi connectivity index (χ0) is 15.9. The summed E-state index contributed by atoms with van der Waals surface area (Å²) in [6, 6.07) is 1.33. The van der Waals surface area contributed by atoms with Gasteiger partial charge in [-0.15, -0.1) is 11.6 Å². The molecule has 1 aromatic heterocycles. The average Bonchev–Trinajstić information content (AvgIpc) is 2.66. The van der Waals surface area contributed by atoms with E-state index < -0.39 is 32.9 Å². The van der Waals surface area contributed by atoms with Gasteiger partial charge in [-0.25, -0.2) is 22.2 Å². The smallest absolute Gasteiger partial charge is 0.153 e. The van der Waals surface area contributed by atoms with Gasteiger partial charge in [0.25, 0.3) is 0 Å².